The lowest BCUT2D eigenvalue weighted by molar-refractivity contribution is -0.113. The Morgan fingerprint density at radius 3 is 2.67 bits per heavy atom. The van der Waals surface area contributed by atoms with E-state index in [9.17, 15) is 4.79 Å². The molecule has 0 radical (unpaired) electrons. The second-order valence-electron chi connectivity index (χ2n) is 10.2. The van der Waals surface area contributed by atoms with Crippen molar-refractivity contribution in [3.63, 3.8) is 0 Å². The number of carbonyl (C=O) groups excluding carboxylic acids is 1. The number of allylic oxidation sites excluding steroid dienone is 1. The number of fused-ring (bicyclic) bond motifs is 1. The summed E-state index contributed by atoms with van der Waals surface area (Å²) in [4.78, 5) is 18.7. The Bertz CT molecular complexity index is 1660. The van der Waals surface area contributed by atoms with E-state index in [1.807, 2.05) is 74.5 Å². The van der Waals surface area contributed by atoms with Crippen LogP contribution in [0.5, 0.6) is 11.5 Å². The first-order valence-corrected chi connectivity index (χ1v) is 16.1. The fraction of sp³-hybridized carbons (Fsp3) is 0.281. The molecule has 43 heavy (non-hydrogen) atoms. The Labute approximate surface area is 269 Å². The van der Waals surface area contributed by atoms with Crippen molar-refractivity contribution in [3.05, 3.63) is 98.1 Å². The molecule has 11 heteroatoms. The van der Waals surface area contributed by atoms with Gasteiger partial charge in [0.1, 0.15) is 12.6 Å². The lowest BCUT2D eigenvalue weighted by Crippen LogP contribution is -2.31. The Morgan fingerprint density at radius 1 is 1.16 bits per heavy atom. The Hall–Kier alpha value is -3.47. The van der Waals surface area contributed by atoms with E-state index in [1.165, 1.54) is 0 Å². The number of thioether (sulfide) groups is 1. The predicted octanol–water partition coefficient (Wildman–Crippen LogP) is 8.41. The molecule has 1 atom stereocenters. The highest BCUT2D eigenvalue weighted by Crippen LogP contribution is 2.43. The van der Waals surface area contributed by atoms with E-state index in [-0.39, 0.29) is 5.91 Å². The highest BCUT2D eigenvalue weighted by atomic mass is 79.9. The van der Waals surface area contributed by atoms with Crippen LogP contribution in [0.4, 0.5) is 11.6 Å². The molecule has 0 aliphatic carbocycles. The number of benzene rings is 3. The van der Waals surface area contributed by atoms with Gasteiger partial charge >= 0.3 is 0 Å². The van der Waals surface area contributed by atoms with Gasteiger partial charge in [0.05, 0.1) is 17.2 Å². The smallest absolute Gasteiger partial charge is 0.255 e. The largest absolute Gasteiger partial charge is 0.493 e. The van der Waals surface area contributed by atoms with Crippen molar-refractivity contribution in [2.75, 3.05) is 23.5 Å². The molecule has 1 amide bonds. The maximum atomic E-state index is 13.9. The third kappa shape index (κ3) is 7.20. The quantitative estimate of drug-likeness (QED) is 0.121. The highest BCUT2D eigenvalue weighted by Gasteiger charge is 2.35. The second kappa shape index (κ2) is 13.9. The zero-order chi connectivity index (χ0) is 30.5. The number of aromatic nitrogens is 3. The first-order valence-electron chi connectivity index (χ1n) is 14.0. The molecule has 0 fully saturated rings. The van der Waals surface area contributed by atoms with Crippen molar-refractivity contribution in [2.45, 2.75) is 51.4 Å². The van der Waals surface area contributed by atoms with E-state index in [1.54, 1.807) is 23.6 Å². The number of anilines is 2. The average molecular weight is 683 g/mol. The van der Waals surface area contributed by atoms with Gasteiger partial charge < -0.3 is 20.1 Å². The van der Waals surface area contributed by atoms with E-state index in [2.05, 4.69) is 33.5 Å². The molecule has 1 aromatic heterocycles. The second-order valence-corrected chi connectivity index (χ2v) is 12.6. The standard InChI is InChI=1S/C32H33BrClN5O3S/c1-5-6-14-43-32-37-31-35-20(3)27(30(40)36-24-9-7-8-19(2)15-24)28(39(31)38-32)22-16-25(33)29(26(17-22)41-4)42-18-21-10-12-23(34)13-11-21/h7-13,15-17,28H,5-6,14,18H2,1-4H3,(H,36,40)(H,35,37,38). The molecule has 0 bridgehead atoms. The molecular formula is C32H33BrClN5O3S. The summed E-state index contributed by atoms with van der Waals surface area (Å²) >= 11 is 11.3. The lowest BCUT2D eigenvalue weighted by atomic mass is 9.94. The van der Waals surface area contributed by atoms with Crippen LogP contribution in [-0.2, 0) is 11.4 Å². The summed E-state index contributed by atoms with van der Waals surface area (Å²) in [5.74, 6) is 2.33. The van der Waals surface area contributed by atoms with Gasteiger partial charge in [0, 0.05) is 22.2 Å². The van der Waals surface area contributed by atoms with E-state index >= 15 is 0 Å². The monoisotopic (exact) mass is 681 g/mol. The minimum atomic E-state index is -0.579. The normalized spacial score (nSPS) is 14.2. The van der Waals surface area contributed by atoms with Gasteiger partial charge in [-0.15, -0.1) is 5.10 Å². The highest BCUT2D eigenvalue weighted by molar-refractivity contribution is 9.10. The summed E-state index contributed by atoms with van der Waals surface area (Å²) in [6, 6.07) is 18.5. The summed E-state index contributed by atoms with van der Waals surface area (Å²) in [6.45, 7) is 6.36. The number of hydrogen-bond donors (Lipinski definition) is 2. The number of amides is 1. The van der Waals surface area contributed by atoms with Crippen molar-refractivity contribution in [3.8, 4) is 11.5 Å². The summed E-state index contributed by atoms with van der Waals surface area (Å²) < 4.78 is 14.4. The van der Waals surface area contributed by atoms with Crippen LogP contribution in [-0.4, -0.2) is 33.5 Å². The number of nitrogens with zero attached hydrogens (tertiary/aromatic N) is 3. The number of rotatable bonds is 11. The maximum absolute atomic E-state index is 13.9. The van der Waals surface area contributed by atoms with Gasteiger partial charge in [-0.2, -0.15) is 4.98 Å². The molecule has 2 N–H and O–H groups in total. The molecule has 0 spiro atoms. The molecular weight excluding hydrogens is 650 g/mol. The Balaban J connectivity index is 1.53. The van der Waals surface area contributed by atoms with Gasteiger partial charge in [-0.05, 0) is 89.3 Å². The van der Waals surface area contributed by atoms with Gasteiger partial charge in [-0.1, -0.05) is 61.0 Å². The van der Waals surface area contributed by atoms with Gasteiger partial charge in [-0.3, -0.25) is 4.79 Å². The van der Waals surface area contributed by atoms with Crippen molar-refractivity contribution in [2.24, 2.45) is 0 Å². The molecule has 8 nitrogen and oxygen atoms in total. The first-order chi connectivity index (χ1) is 20.8. The maximum Gasteiger partial charge on any atom is 0.255 e. The van der Waals surface area contributed by atoms with Gasteiger partial charge in [0.25, 0.3) is 5.91 Å². The third-order valence-electron chi connectivity index (χ3n) is 6.95. The summed E-state index contributed by atoms with van der Waals surface area (Å²) in [5, 5.41) is 12.6. The van der Waals surface area contributed by atoms with Crippen molar-refractivity contribution < 1.29 is 14.3 Å². The minimum Gasteiger partial charge on any atom is -0.493 e. The topological polar surface area (TPSA) is 90.3 Å². The zero-order valence-corrected chi connectivity index (χ0v) is 27.6. The molecule has 0 saturated heterocycles. The number of carbonyl (C=O) groups is 1. The number of halogens is 2. The van der Waals surface area contributed by atoms with E-state index in [0.29, 0.717) is 55.7 Å². The van der Waals surface area contributed by atoms with Crippen molar-refractivity contribution in [1.29, 1.82) is 0 Å². The molecule has 4 aromatic rings. The lowest BCUT2D eigenvalue weighted by Gasteiger charge is -2.29. The minimum absolute atomic E-state index is 0.236. The third-order valence-corrected chi connectivity index (χ3v) is 8.71. The summed E-state index contributed by atoms with van der Waals surface area (Å²) in [5.41, 5.74) is 4.74. The van der Waals surface area contributed by atoms with Crippen molar-refractivity contribution >= 4 is 56.8 Å². The van der Waals surface area contributed by atoms with Crippen LogP contribution in [0.2, 0.25) is 5.02 Å². The molecule has 2 heterocycles. The summed E-state index contributed by atoms with van der Waals surface area (Å²) in [6.07, 6.45) is 2.15. The van der Waals surface area contributed by atoms with Crippen LogP contribution in [0.1, 0.15) is 49.4 Å². The summed E-state index contributed by atoms with van der Waals surface area (Å²) in [7, 11) is 1.60. The molecule has 0 saturated carbocycles. The SMILES string of the molecule is CCCCSc1nc2n(n1)C(c1cc(Br)c(OCc3ccc(Cl)cc3)c(OC)c1)C(C(=O)Nc1cccc(C)c1)=C(C)N2. The van der Waals surface area contributed by atoms with E-state index in [0.717, 1.165) is 35.3 Å². The Morgan fingerprint density at radius 2 is 1.95 bits per heavy atom. The van der Waals surface area contributed by atoms with Crippen LogP contribution < -0.4 is 20.1 Å². The fourth-order valence-corrected chi connectivity index (χ4v) is 6.41. The number of ether oxygens (including phenoxy) is 2. The fourth-order valence-electron chi connectivity index (χ4n) is 4.80. The van der Waals surface area contributed by atoms with E-state index in [4.69, 9.17) is 31.2 Å². The van der Waals surface area contributed by atoms with Gasteiger partial charge in [-0.25, -0.2) is 4.68 Å². The molecule has 224 valence electrons. The van der Waals surface area contributed by atoms with Gasteiger partial charge in [0.2, 0.25) is 11.1 Å². The molecule has 1 aliphatic rings. The number of aryl methyl sites for hydroxylation is 1. The number of methoxy groups -OCH3 is 1. The number of unbranched alkanes of at least 4 members (excludes halogenated alkanes) is 1. The van der Waals surface area contributed by atoms with Crippen LogP contribution in [0.3, 0.4) is 0 Å². The van der Waals surface area contributed by atoms with Gasteiger partial charge in [0.15, 0.2) is 11.5 Å². The number of hydrogen-bond acceptors (Lipinski definition) is 7. The van der Waals surface area contributed by atoms with Crippen LogP contribution in [0, 0.1) is 6.92 Å². The molecule has 1 unspecified atom stereocenters. The molecule has 5 rings (SSSR count). The average Bonchev–Trinajstić information content (AvgIpc) is 3.38. The zero-order valence-electron chi connectivity index (χ0n) is 24.4. The molecule has 3 aromatic carbocycles. The van der Waals surface area contributed by atoms with E-state index < -0.39 is 6.04 Å². The van der Waals surface area contributed by atoms with Crippen LogP contribution >= 0.6 is 39.3 Å². The Kier molecular flexibility index (Phi) is 10.00. The van der Waals surface area contributed by atoms with Crippen LogP contribution in [0.25, 0.3) is 0 Å². The first kappa shape index (κ1) is 31.0. The van der Waals surface area contributed by atoms with Crippen LogP contribution in [0.15, 0.2) is 81.6 Å². The molecule has 1 aliphatic heterocycles. The number of nitrogens with one attached hydrogen (secondary N) is 2. The predicted molar refractivity (Wildman–Crippen MR) is 176 cm³/mol. The van der Waals surface area contributed by atoms with Crippen molar-refractivity contribution in [1.82, 2.24) is 14.8 Å².